The lowest BCUT2D eigenvalue weighted by atomic mass is 9.95. The molecule has 0 saturated carbocycles. The summed E-state index contributed by atoms with van der Waals surface area (Å²) in [7, 11) is 4.57. The molecule has 0 bridgehead atoms. The number of hydrogen-bond donors (Lipinski definition) is 0. The minimum Gasteiger partial charge on any atom is -0.493 e. The molecule has 5 rings (SSSR count). The number of carbonyl (C=O) groups excluding carboxylic acids is 1. The zero-order valence-corrected chi connectivity index (χ0v) is 25.1. The third kappa shape index (κ3) is 5.24. The maximum Gasteiger partial charge on any atom is 0.338 e. The Balaban J connectivity index is 1.69. The monoisotopic (exact) mass is 577 g/mol. The van der Waals surface area contributed by atoms with Crippen LogP contribution in [0.3, 0.4) is 0 Å². The van der Waals surface area contributed by atoms with Gasteiger partial charge in [0, 0.05) is 18.8 Å². The Bertz CT molecular complexity index is 1670. The summed E-state index contributed by atoms with van der Waals surface area (Å²) in [5, 5.41) is 0. The smallest absolute Gasteiger partial charge is 0.338 e. The molecule has 216 valence electrons. The molecule has 0 amide bonds. The lowest BCUT2D eigenvalue weighted by Gasteiger charge is -2.26. The molecule has 2 aliphatic rings. The summed E-state index contributed by atoms with van der Waals surface area (Å²) in [6.07, 6.45) is 4.33. The van der Waals surface area contributed by atoms with E-state index in [9.17, 15) is 9.59 Å². The molecule has 1 saturated heterocycles. The molecule has 3 heterocycles. The summed E-state index contributed by atoms with van der Waals surface area (Å²) in [5.41, 5.74) is 4.39. The van der Waals surface area contributed by atoms with Gasteiger partial charge >= 0.3 is 5.97 Å². The molecule has 10 heteroatoms. The van der Waals surface area contributed by atoms with Crippen molar-refractivity contribution < 1.29 is 23.7 Å². The number of thiazole rings is 1. The van der Waals surface area contributed by atoms with E-state index in [4.69, 9.17) is 18.9 Å². The molecular formula is C31H35N3O6S. The minimum atomic E-state index is -0.806. The van der Waals surface area contributed by atoms with Crippen molar-refractivity contribution in [3.63, 3.8) is 0 Å². The van der Waals surface area contributed by atoms with Gasteiger partial charge in [0.25, 0.3) is 5.56 Å². The van der Waals surface area contributed by atoms with Crippen molar-refractivity contribution in [3.8, 4) is 17.2 Å². The Morgan fingerprint density at radius 1 is 1.05 bits per heavy atom. The predicted molar refractivity (Wildman–Crippen MR) is 159 cm³/mol. The Morgan fingerprint density at radius 3 is 2.32 bits per heavy atom. The Labute approximate surface area is 242 Å². The van der Waals surface area contributed by atoms with Crippen molar-refractivity contribution in [1.29, 1.82) is 0 Å². The second-order valence-corrected chi connectivity index (χ2v) is 11.0. The van der Waals surface area contributed by atoms with Gasteiger partial charge in [-0.2, -0.15) is 0 Å². The molecule has 1 fully saturated rings. The molecule has 0 spiro atoms. The van der Waals surface area contributed by atoms with Crippen LogP contribution in [-0.2, 0) is 9.53 Å². The van der Waals surface area contributed by atoms with E-state index >= 15 is 0 Å². The van der Waals surface area contributed by atoms with Gasteiger partial charge in [-0.15, -0.1) is 0 Å². The predicted octanol–water partition coefficient (Wildman–Crippen LogP) is 3.73. The number of ether oxygens (including phenoxy) is 4. The molecule has 1 aromatic heterocycles. The molecule has 3 aromatic rings. The lowest BCUT2D eigenvalue weighted by Crippen LogP contribution is -2.40. The van der Waals surface area contributed by atoms with Crippen LogP contribution in [0.5, 0.6) is 17.2 Å². The molecule has 0 N–H and O–H groups in total. The van der Waals surface area contributed by atoms with Crippen LogP contribution >= 0.6 is 11.3 Å². The quantitative estimate of drug-likeness (QED) is 0.377. The van der Waals surface area contributed by atoms with Crippen molar-refractivity contribution >= 4 is 29.1 Å². The Morgan fingerprint density at radius 2 is 1.73 bits per heavy atom. The van der Waals surface area contributed by atoms with Gasteiger partial charge in [0.1, 0.15) is 0 Å². The summed E-state index contributed by atoms with van der Waals surface area (Å²) in [4.78, 5) is 34.9. The van der Waals surface area contributed by atoms with Crippen LogP contribution in [0.2, 0.25) is 0 Å². The largest absolute Gasteiger partial charge is 0.493 e. The number of allylic oxidation sites excluding steroid dienone is 1. The van der Waals surface area contributed by atoms with E-state index < -0.39 is 12.0 Å². The van der Waals surface area contributed by atoms with Gasteiger partial charge in [-0.05, 0) is 80.6 Å². The zero-order valence-electron chi connectivity index (χ0n) is 24.3. The van der Waals surface area contributed by atoms with Gasteiger partial charge in [-0.1, -0.05) is 17.4 Å². The Kier molecular flexibility index (Phi) is 8.21. The van der Waals surface area contributed by atoms with Crippen LogP contribution in [0, 0.1) is 6.92 Å². The maximum atomic E-state index is 14.1. The van der Waals surface area contributed by atoms with Crippen LogP contribution in [0.25, 0.3) is 6.08 Å². The first-order valence-electron chi connectivity index (χ1n) is 13.7. The van der Waals surface area contributed by atoms with Crippen LogP contribution in [-0.4, -0.2) is 51.6 Å². The van der Waals surface area contributed by atoms with Crippen molar-refractivity contribution in [1.82, 2.24) is 4.57 Å². The van der Waals surface area contributed by atoms with Crippen molar-refractivity contribution in [2.75, 3.05) is 45.9 Å². The number of nitrogens with zero attached hydrogens (tertiary/aromatic N) is 3. The van der Waals surface area contributed by atoms with Crippen LogP contribution in [0.4, 0.5) is 5.69 Å². The van der Waals surface area contributed by atoms with Gasteiger partial charge in [-0.25, -0.2) is 9.79 Å². The highest BCUT2D eigenvalue weighted by Crippen LogP contribution is 2.42. The molecule has 0 unspecified atom stereocenters. The number of aryl methyl sites for hydroxylation is 1. The van der Waals surface area contributed by atoms with Crippen LogP contribution in [0.15, 0.2) is 51.4 Å². The fourth-order valence-electron chi connectivity index (χ4n) is 5.50. The van der Waals surface area contributed by atoms with Gasteiger partial charge in [0.05, 0.1) is 49.8 Å². The van der Waals surface area contributed by atoms with E-state index in [1.54, 1.807) is 30.5 Å². The molecule has 41 heavy (non-hydrogen) atoms. The van der Waals surface area contributed by atoms with E-state index in [0.717, 1.165) is 24.2 Å². The molecule has 2 aromatic carbocycles. The highest BCUT2D eigenvalue weighted by atomic mass is 32.1. The SMILES string of the molecule is CCOC(=O)C1=C(C)N=c2s/c(=C/c3ccc(N4CCCC4)cc3C)c(=O)n2[C@@H]1c1cc(OC)c(OC)c(OC)c1. The third-order valence-corrected chi connectivity index (χ3v) is 8.51. The molecule has 1 atom stereocenters. The standard InChI is InChI=1S/C31H35N3O6S/c1-7-40-30(36)26-19(3)32-31-34(27(26)21-15-23(37-4)28(39-6)24(16-21)38-5)29(35)25(41-31)17-20-10-11-22(14-18(20)2)33-12-8-9-13-33/h10-11,14-17,27H,7-9,12-13H2,1-6H3/b25-17+/t27-/m1/s1. The number of hydrogen-bond acceptors (Lipinski definition) is 9. The average molecular weight is 578 g/mol. The molecule has 0 aliphatic carbocycles. The van der Waals surface area contributed by atoms with E-state index in [-0.39, 0.29) is 17.7 Å². The number of anilines is 1. The fraction of sp³-hybridized carbons (Fsp3) is 0.387. The second kappa shape index (κ2) is 11.8. The molecule has 0 radical (unpaired) electrons. The zero-order chi connectivity index (χ0) is 29.3. The van der Waals surface area contributed by atoms with E-state index in [0.29, 0.717) is 37.8 Å². The van der Waals surface area contributed by atoms with Crippen molar-refractivity contribution in [2.45, 2.75) is 39.7 Å². The molecular weight excluding hydrogens is 542 g/mol. The minimum absolute atomic E-state index is 0.189. The number of carbonyl (C=O) groups is 1. The fourth-order valence-corrected chi connectivity index (χ4v) is 6.54. The van der Waals surface area contributed by atoms with E-state index in [1.165, 1.54) is 51.2 Å². The van der Waals surface area contributed by atoms with Gasteiger partial charge < -0.3 is 23.8 Å². The third-order valence-electron chi connectivity index (χ3n) is 7.53. The van der Waals surface area contributed by atoms with Gasteiger partial charge in [0.15, 0.2) is 16.3 Å². The topological polar surface area (TPSA) is 91.6 Å². The highest BCUT2D eigenvalue weighted by molar-refractivity contribution is 7.07. The van der Waals surface area contributed by atoms with Crippen LogP contribution in [0.1, 0.15) is 49.4 Å². The number of benzene rings is 2. The number of aromatic nitrogens is 1. The number of rotatable bonds is 8. The molecule has 2 aliphatic heterocycles. The Hall–Kier alpha value is -4.05. The number of esters is 1. The van der Waals surface area contributed by atoms with Crippen LogP contribution < -0.4 is 34.0 Å². The normalized spacial score (nSPS) is 16.9. The highest BCUT2D eigenvalue weighted by Gasteiger charge is 2.34. The van der Waals surface area contributed by atoms with Gasteiger partial charge in [-0.3, -0.25) is 9.36 Å². The second-order valence-electron chi connectivity index (χ2n) is 10.00. The van der Waals surface area contributed by atoms with Gasteiger partial charge in [0.2, 0.25) is 5.75 Å². The first-order chi connectivity index (χ1) is 19.8. The molecule has 9 nitrogen and oxygen atoms in total. The summed E-state index contributed by atoms with van der Waals surface area (Å²) >= 11 is 1.30. The summed E-state index contributed by atoms with van der Waals surface area (Å²) in [5.74, 6) is 0.707. The number of fused-ring (bicyclic) bond motifs is 1. The summed E-state index contributed by atoms with van der Waals surface area (Å²) in [6, 6.07) is 9.05. The first-order valence-corrected chi connectivity index (χ1v) is 14.5. The van der Waals surface area contributed by atoms with Crippen molar-refractivity contribution in [3.05, 3.63) is 78.0 Å². The summed E-state index contributed by atoms with van der Waals surface area (Å²) < 4.78 is 24.2. The lowest BCUT2D eigenvalue weighted by molar-refractivity contribution is -0.139. The maximum absolute atomic E-state index is 14.1. The average Bonchev–Trinajstić information content (AvgIpc) is 3.61. The summed E-state index contributed by atoms with van der Waals surface area (Å²) in [6.45, 7) is 7.89. The van der Waals surface area contributed by atoms with E-state index in [1.807, 2.05) is 6.08 Å². The first kappa shape index (κ1) is 28.5. The van der Waals surface area contributed by atoms with E-state index in [2.05, 4.69) is 35.0 Å². The van der Waals surface area contributed by atoms with Crippen molar-refractivity contribution in [2.24, 2.45) is 4.99 Å². The number of methoxy groups -OCH3 is 3.